The van der Waals surface area contributed by atoms with E-state index in [1.54, 1.807) is 12.1 Å². The fraction of sp³-hybridized carbons (Fsp3) is 0.0476. The van der Waals surface area contributed by atoms with Crippen molar-refractivity contribution in [1.29, 1.82) is 0 Å². The second-order valence-corrected chi connectivity index (χ2v) is 6.02. The molecule has 26 heavy (non-hydrogen) atoms. The molecule has 0 saturated carbocycles. The number of rotatable bonds is 5. The molecule has 0 aliphatic rings. The molecule has 0 unspecified atom stereocenters. The Labute approximate surface area is 151 Å². The highest BCUT2D eigenvalue weighted by Crippen LogP contribution is 2.29. The van der Waals surface area contributed by atoms with Crippen LogP contribution >= 0.6 is 0 Å². The molecule has 5 heteroatoms. The summed E-state index contributed by atoms with van der Waals surface area (Å²) in [5.74, 6) is 0.431. The van der Waals surface area contributed by atoms with Gasteiger partial charge in [-0.25, -0.2) is 4.98 Å². The molecule has 2 heterocycles. The minimum atomic E-state index is -0.450. The lowest BCUT2D eigenvalue weighted by Gasteiger charge is -2.09. The number of primary amides is 1. The third-order valence-corrected chi connectivity index (χ3v) is 4.25. The highest BCUT2D eigenvalue weighted by atomic mass is 16.1. The average Bonchev–Trinajstić information content (AvgIpc) is 3.06. The highest BCUT2D eigenvalue weighted by molar-refractivity contribution is 5.94. The van der Waals surface area contributed by atoms with E-state index in [1.165, 1.54) is 5.56 Å². The number of anilines is 1. The van der Waals surface area contributed by atoms with Crippen LogP contribution in [0.1, 0.15) is 15.9 Å². The van der Waals surface area contributed by atoms with Gasteiger partial charge in [-0.3, -0.25) is 9.20 Å². The van der Waals surface area contributed by atoms with E-state index in [1.807, 2.05) is 59.1 Å². The van der Waals surface area contributed by atoms with Crippen LogP contribution in [0.25, 0.3) is 16.9 Å². The predicted octanol–water partition coefficient (Wildman–Crippen LogP) is 3.71. The Balaban J connectivity index is 1.79. The number of hydrogen-bond donors (Lipinski definition) is 2. The number of pyridine rings is 1. The molecule has 0 radical (unpaired) electrons. The minimum absolute atomic E-state index is 0.450. The Morgan fingerprint density at radius 2 is 1.81 bits per heavy atom. The average molecular weight is 342 g/mol. The number of nitrogens with one attached hydrogen (secondary N) is 1. The number of nitrogens with zero attached hydrogens (tertiary/aromatic N) is 2. The number of nitrogens with two attached hydrogens (primary N) is 1. The number of fused-ring (bicyclic) bond motifs is 1. The number of imidazole rings is 1. The summed E-state index contributed by atoms with van der Waals surface area (Å²) >= 11 is 0. The summed E-state index contributed by atoms with van der Waals surface area (Å²) in [6.45, 7) is 0.673. The van der Waals surface area contributed by atoms with Crippen molar-refractivity contribution < 1.29 is 4.79 Å². The summed E-state index contributed by atoms with van der Waals surface area (Å²) in [6, 6.07) is 23.3. The van der Waals surface area contributed by atoms with Gasteiger partial charge in [-0.15, -0.1) is 0 Å². The molecule has 5 nitrogen and oxygen atoms in total. The van der Waals surface area contributed by atoms with E-state index in [-0.39, 0.29) is 0 Å². The van der Waals surface area contributed by atoms with E-state index >= 15 is 0 Å². The number of amides is 1. The lowest BCUT2D eigenvalue weighted by molar-refractivity contribution is 0.100. The molecule has 0 bridgehead atoms. The number of carbonyl (C=O) groups excluding carboxylic acids is 1. The van der Waals surface area contributed by atoms with E-state index in [2.05, 4.69) is 17.4 Å². The second-order valence-electron chi connectivity index (χ2n) is 6.02. The molecule has 4 aromatic rings. The molecular formula is C21H18N4O. The molecule has 0 saturated heterocycles. The lowest BCUT2D eigenvalue weighted by atomic mass is 10.1. The summed E-state index contributed by atoms with van der Waals surface area (Å²) < 4.78 is 2.01. The smallest absolute Gasteiger partial charge is 0.248 e. The molecule has 0 aliphatic heterocycles. The normalized spacial score (nSPS) is 10.8. The zero-order valence-corrected chi connectivity index (χ0v) is 14.1. The van der Waals surface area contributed by atoms with E-state index in [0.717, 1.165) is 22.7 Å². The molecule has 0 fully saturated rings. The van der Waals surface area contributed by atoms with Gasteiger partial charge in [0.25, 0.3) is 0 Å². The predicted molar refractivity (Wildman–Crippen MR) is 103 cm³/mol. The van der Waals surface area contributed by atoms with Gasteiger partial charge in [0, 0.05) is 23.9 Å². The third-order valence-electron chi connectivity index (χ3n) is 4.25. The monoisotopic (exact) mass is 342 g/mol. The van der Waals surface area contributed by atoms with E-state index < -0.39 is 5.91 Å². The van der Waals surface area contributed by atoms with Crippen molar-refractivity contribution in [2.75, 3.05) is 5.32 Å². The van der Waals surface area contributed by atoms with Gasteiger partial charge in [-0.2, -0.15) is 0 Å². The van der Waals surface area contributed by atoms with E-state index in [9.17, 15) is 4.79 Å². The first kappa shape index (κ1) is 15.9. The number of benzene rings is 2. The van der Waals surface area contributed by atoms with Crippen molar-refractivity contribution in [3.63, 3.8) is 0 Å². The van der Waals surface area contributed by atoms with Crippen LogP contribution in [0.4, 0.5) is 5.82 Å². The highest BCUT2D eigenvalue weighted by Gasteiger charge is 2.15. The van der Waals surface area contributed by atoms with Crippen molar-refractivity contribution in [3.8, 4) is 11.3 Å². The SMILES string of the molecule is NC(=O)c1cccc(-c2nc3ccccn3c2NCc2ccccc2)c1. The van der Waals surface area contributed by atoms with Crippen LogP contribution in [0.2, 0.25) is 0 Å². The number of aromatic nitrogens is 2. The summed E-state index contributed by atoms with van der Waals surface area (Å²) in [4.78, 5) is 16.3. The van der Waals surface area contributed by atoms with Crippen LogP contribution in [-0.4, -0.2) is 15.3 Å². The first-order chi connectivity index (χ1) is 12.7. The van der Waals surface area contributed by atoms with Crippen LogP contribution in [0.15, 0.2) is 79.0 Å². The van der Waals surface area contributed by atoms with Crippen LogP contribution in [0, 0.1) is 0 Å². The van der Waals surface area contributed by atoms with Gasteiger partial charge in [0.05, 0.1) is 0 Å². The molecule has 1 amide bonds. The van der Waals surface area contributed by atoms with Gasteiger partial charge in [0.2, 0.25) is 5.91 Å². The van der Waals surface area contributed by atoms with Crippen LogP contribution < -0.4 is 11.1 Å². The zero-order valence-electron chi connectivity index (χ0n) is 14.1. The maximum absolute atomic E-state index is 11.5. The van der Waals surface area contributed by atoms with E-state index in [0.29, 0.717) is 12.1 Å². The lowest BCUT2D eigenvalue weighted by Crippen LogP contribution is -2.10. The minimum Gasteiger partial charge on any atom is -0.366 e. The van der Waals surface area contributed by atoms with Crippen molar-refractivity contribution in [3.05, 3.63) is 90.1 Å². The number of hydrogen-bond acceptors (Lipinski definition) is 3. The maximum atomic E-state index is 11.5. The van der Waals surface area contributed by atoms with Gasteiger partial charge in [0.1, 0.15) is 17.2 Å². The van der Waals surface area contributed by atoms with Crippen molar-refractivity contribution in [2.24, 2.45) is 5.73 Å². The molecule has 3 N–H and O–H groups in total. The van der Waals surface area contributed by atoms with Crippen LogP contribution in [-0.2, 0) is 6.54 Å². The molecule has 0 spiro atoms. The molecule has 0 aliphatic carbocycles. The van der Waals surface area contributed by atoms with Crippen molar-refractivity contribution in [1.82, 2.24) is 9.38 Å². The van der Waals surface area contributed by atoms with Crippen LogP contribution in [0.3, 0.4) is 0 Å². The maximum Gasteiger partial charge on any atom is 0.248 e. The summed E-state index contributed by atoms with van der Waals surface area (Å²) in [5, 5.41) is 3.48. The Kier molecular flexibility index (Phi) is 4.11. The van der Waals surface area contributed by atoms with Crippen molar-refractivity contribution >= 4 is 17.4 Å². The molecule has 2 aromatic heterocycles. The third kappa shape index (κ3) is 3.02. The molecule has 0 atom stereocenters. The summed E-state index contributed by atoms with van der Waals surface area (Å²) in [7, 11) is 0. The van der Waals surface area contributed by atoms with Crippen LogP contribution in [0.5, 0.6) is 0 Å². The molecular weight excluding hydrogens is 324 g/mol. The topological polar surface area (TPSA) is 72.4 Å². The summed E-state index contributed by atoms with van der Waals surface area (Å²) in [6.07, 6.45) is 1.97. The number of carbonyl (C=O) groups is 1. The quantitative estimate of drug-likeness (QED) is 0.581. The molecule has 2 aromatic carbocycles. The first-order valence-corrected chi connectivity index (χ1v) is 8.37. The Hall–Kier alpha value is -3.60. The summed E-state index contributed by atoms with van der Waals surface area (Å²) in [5.41, 5.74) is 9.54. The molecule has 4 rings (SSSR count). The van der Waals surface area contributed by atoms with E-state index in [4.69, 9.17) is 10.7 Å². The van der Waals surface area contributed by atoms with Gasteiger partial charge in [0.15, 0.2) is 0 Å². The fourth-order valence-corrected chi connectivity index (χ4v) is 2.97. The largest absolute Gasteiger partial charge is 0.366 e. The van der Waals surface area contributed by atoms with Gasteiger partial charge < -0.3 is 11.1 Å². The molecule has 128 valence electrons. The van der Waals surface area contributed by atoms with Gasteiger partial charge in [-0.05, 0) is 29.8 Å². The Morgan fingerprint density at radius 1 is 1.00 bits per heavy atom. The van der Waals surface area contributed by atoms with Gasteiger partial charge in [-0.1, -0.05) is 48.5 Å². The Morgan fingerprint density at radius 3 is 2.62 bits per heavy atom. The Bertz CT molecular complexity index is 1070. The standard InChI is InChI=1S/C21H18N4O/c22-20(26)17-10-6-9-16(13-17)19-21(23-14-15-7-2-1-3-8-15)25-12-5-4-11-18(25)24-19/h1-13,23H,14H2,(H2,22,26). The van der Waals surface area contributed by atoms with Gasteiger partial charge >= 0.3 is 0 Å². The fourth-order valence-electron chi connectivity index (χ4n) is 2.97. The first-order valence-electron chi connectivity index (χ1n) is 8.37. The second kappa shape index (κ2) is 6.72. The van der Waals surface area contributed by atoms with Crippen molar-refractivity contribution in [2.45, 2.75) is 6.54 Å². The zero-order chi connectivity index (χ0) is 17.9.